The number of rotatable bonds is 7. The summed E-state index contributed by atoms with van der Waals surface area (Å²) in [4.78, 5) is 0. The summed E-state index contributed by atoms with van der Waals surface area (Å²) in [6.07, 6.45) is 19.4. The van der Waals surface area contributed by atoms with E-state index in [2.05, 4.69) is 178 Å². The molecular formula is C49H45ClO6. The molecule has 0 amide bonds. The van der Waals surface area contributed by atoms with Crippen LogP contribution in [0.1, 0.15) is 67.9 Å². The topological polar surface area (TPSA) is 108 Å². The van der Waals surface area contributed by atoms with Crippen LogP contribution in [0.4, 0.5) is 0 Å². The molecule has 2 heterocycles. The summed E-state index contributed by atoms with van der Waals surface area (Å²) in [5, 5.41) is 0. The molecule has 0 radical (unpaired) electrons. The first-order chi connectivity index (χ1) is 27.1. The zero-order valence-corrected chi connectivity index (χ0v) is 32.3. The maximum Gasteiger partial charge on any atom is 0.143 e. The number of fused-ring (bicyclic) bond motifs is 1. The van der Waals surface area contributed by atoms with Gasteiger partial charge in [0.15, 0.2) is 0 Å². The van der Waals surface area contributed by atoms with Crippen LogP contribution in [0, 0.1) is 22.1 Å². The molecule has 0 saturated heterocycles. The van der Waals surface area contributed by atoms with Crippen molar-refractivity contribution in [1.29, 1.82) is 0 Å². The maximum atomic E-state index is 8.60. The minimum atomic E-state index is -4.69. The van der Waals surface area contributed by atoms with Crippen LogP contribution in [0.5, 0.6) is 0 Å². The third kappa shape index (κ3) is 9.66. The average molecular weight is 765 g/mol. The van der Waals surface area contributed by atoms with Gasteiger partial charge in [0.05, 0.1) is 14.9 Å². The van der Waals surface area contributed by atoms with Gasteiger partial charge in [-0.15, -0.1) is 0 Å². The second kappa shape index (κ2) is 17.5. The van der Waals surface area contributed by atoms with Crippen molar-refractivity contribution in [3.05, 3.63) is 220 Å². The molecule has 4 aliphatic rings. The molecule has 3 atom stereocenters. The van der Waals surface area contributed by atoms with Crippen molar-refractivity contribution in [1.82, 2.24) is 0 Å². The number of benzene rings is 4. The summed E-state index contributed by atoms with van der Waals surface area (Å²) in [6, 6.07) is 42.5. The number of halogens is 1. The van der Waals surface area contributed by atoms with Crippen molar-refractivity contribution >= 4 is 16.9 Å². The molecule has 2 aliphatic carbocycles. The zero-order chi connectivity index (χ0) is 39.1. The molecule has 0 bridgehead atoms. The summed E-state index contributed by atoms with van der Waals surface area (Å²) in [6.45, 7) is 4.69. The second-order valence-electron chi connectivity index (χ2n) is 14.7. The van der Waals surface area contributed by atoms with E-state index in [9.17, 15) is 0 Å². The Kier molecular flexibility index (Phi) is 12.2. The Labute approximate surface area is 331 Å². The smallest absolute Gasteiger partial charge is 0.143 e. The molecular weight excluding hydrogens is 720 g/mol. The highest BCUT2D eigenvalue weighted by Crippen LogP contribution is 2.48. The Morgan fingerprint density at radius 1 is 0.625 bits per heavy atom. The van der Waals surface area contributed by atoms with Crippen LogP contribution in [0.3, 0.4) is 0 Å². The molecule has 0 fully saturated rings. The van der Waals surface area contributed by atoms with Crippen LogP contribution in [-0.2, 0) is 9.47 Å². The maximum absolute atomic E-state index is 8.60. The van der Waals surface area contributed by atoms with Crippen LogP contribution < -0.4 is 14.0 Å². The van der Waals surface area contributed by atoms with Crippen LogP contribution in [-0.4, -0.2) is 4.66 Å². The molecule has 1 N–H and O–H groups in total. The summed E-state index contributed by atoms with van der Waals surface area (Å²) >= 11 is 0. The van der Waals surface area contributed by atoms with Gasteiger partial charge in [-0.25, -0.2) is 0 Å². The van der Waals surface area contributed by atoms with Crippen LogP contribution >= 0.6 is 0 Å². The first-order valence-corrected chi connectivity index (χ1v) is 20.2. The Bertz CT molecular complexity index is 2250. The van der Waals surface area contributed by atoms with Gasteiger partial charge in [-0.3, -0.25) is 0 Å². The SMILES string of the molecule is CC1CC(=CC=CC=CC2=C3OC(c4ccccc4)=CC(c4ccccc4)=C3CC(C)C2)C2=C(C1)C(c1ccccc1)=CC(c1ccccc1)O2.[O-][Cl+3]([O-])([O-])O. The van der Waals surface area contributed by atoms with Gasteiger partial charge in [-0.1, -0.05) is 166 Å². The quantitative estimate of drug-likeness (QED) is 0.189. The lowest BCUT2D eigenvalue weighted by molar-refractivity contribution is -1.92. The van der Waals surface area contributed by atoms with Crippen LogP contribution in [0.25, 0.3) is 16.9 Å². The summed E-state index contributed by atoms with van der Waals surface area (Å²) in [5.74, 6) is 4.00. The van der Waals surface area contributed by atoms with Crippen molar-refractivity contribution in [3.8, 4) is 0 Å². The van der Waals surface area contributed by atoms with E-state index < -0.39 is 10.2 Å². The lowest BCUT2D eigenvalue weighted by Crippen LogP contribution is -2.58. The normalized spacial score (nSPS) is 21.8. The first-order valence-electron chi connectivity index (χ1n) is 19.0. The van der Waals surface area contributed by atoms with E-state index in [0.29, 0.717) is 11.8 Å². The Hall–Kier alpha value is -5.47. The standard InChI is InChI=1S/C49H44O2.ClHO4/c1-34-28-40(48-44(30-34)42(36-18-8-3-9-19-36)32-46(50-48)38-22-12-5-13-23-38)26-16-7-17-27-41-29-35(2)31-45-43(37-20-10-4-11-21-37)33-47(51-49(41)45)39-24-14-6-15-25-39;2-1(3,4)5/h3-27,32-35,46H,28-31H2,1-2H3;(H,2,3,4,5). The Balaban J connectivity index is 0.000000905. The molecule has 3 unspecified atom stereocenters. The van der Waals surface area contributed by atoms with Gasteiger partial charge in [-0.05, 0) is 88.7 Å². The van der Waals surface area contributed by atoms with Gasteiger partial charge >= 0.3 is 0 Å². The lowest BCUT2D eigenvalue weighted by atomic mass is 9.78. The van der Waals surface area contributed by atoms with Crippen molar-refractivity contribution in [2.75, 3.05) is 0 Å². The monoisotopic (exact) mass is 764 g/mol. The highest BCUT2D eigenvalue weighted by molar-refractivity contribution is 5.88. The minimum absolute atomic E-state index is 0.129. The fourth-order valence-corrected chi connectivity index (χ4v) is 7.87. The van der Waals surface area contributed by atoms with Crippen molar-refractivity contribution < 1.29 is 38.4 Å². The van der Waals surface area contributed by atoms with E-state index >= 15 is 0 Å². The molecule has 4 aromatic carbocycles. The van der Waals surface area contributed by atoms with Gasteiger partial charge in [0.1, 0.15) is 23.4 Å². The summed E-state index contributed by atoms with van der Waals surface area (Å²) < 4.78 is 46.3. The van der Waals surface area contributed by atoms with E-state index in [-0.39, 0.29) is 6.10 Å². The zero-order valence-electron chi connectivity index (χ0n) is 31.5. The molecule has 284 valence electrons. The predicted molar refractivity (Wildman–Crippen MR) is 213 cm³/mol. The van der Waals surface area contributed by atoms with E-state index in [1.54, 1.807) is 0 Å². The highest BCUT2D eigenvalue weighted by Gasteiger charge is 2.32. The molecule has 6 nitrogen and oxygen atoms in total. The lowest BCUT2D eigenvalue weighted by Gasteiger charge is -2.35. The van der Waals surface area contributed by atoms with Crippen molar-refractivity contribution in [2.45, 2.75) is 45.6 Å². The second-order valence-corrected chi connectivity index (χ2v) is 15.4. The molecule has 8 rings (SSSR count). The number of allylic oxidation sites excluding steroid dienone is 12. The molecule has 56 heavy (non-hydrogen) atoms. The third-order valence-corrected chi connectivity index (χ3v) is 10.2. The van der Waals surface area contributed by atoms with Gasteiger partial charge < -0.3 is 9.47 Å². The van der Waals surface area contributed by atoms with E-state index in [1.165, 1.54) is 50.1 Å². The predicted octanol–water partition coefficient (Wildman–Crippen LogP) is 8.65. The third-order valence-electron chi connectivity index (χ3n) is 10.2. The van der Waals surface area contributed by atoms with E-state index in [0.717, 1.165) is 48.5 Å². The van der Waals surface area contributed by atoms with Crippen LogP contribution in [0.2, 0.25) is 0 Å². The fourth-order valence-electron chi connectivity index (χ4n) is 7.87. The van der Waals surface area contributed by atoms with Gasteiger partial charge in [0, 0.05) is 16.7 Å². The van der Waals surface area contributed by atoms with Gasteiger partial charge in [0.25, 0.3) is 0 Å². The van der Waals surface area contributed by atoms with Gasteiger partial charge in [0.2, 0.25) is 0 Å². The summed E-state index contributed by atoms with van der Waals surface area (Å²) in [7, 11) is -4.69. The molecule has 0 aromatic heterocycles. The first kappa shape index (κ1) is 38.8. The fraction of sp³-hybridized carbons (Fsp3) is 0.184. The Morgan fingerprint density at radius 3 is 1.82 bits per heavy atom. The van der Waals surface area contributed by atoms with E-state index in [1.807, 2.05) is 0 Å². The Morgan fingerprint density at radius 2 is 1.18 bits per heavy atom. The average Bonchev–Trinajstić information content (AvgIpc) is 3.20. The largest absolute Gasteiger partial charge is 0.481 e. The van der Waals surface area contributed by atoms with Crippen molar-refractivity contribution in [2.24, 2.45) is 11.8 Å². The number of ether oxygens (including phenoxy) is 2. The van der Waals surface area contributed by atoms with E-state index in [4.69, 9.17) is 28.1 Å². The number of hydrogen-bond acceptors (Lipinski definition) is 6. The van der Waals surface area contributed by atoms with Crippen molar-refractivity contribution in [3.63, 3.8) is 0 Å². The molecule has 7 heteroatoms. The summed E-state index contributed by atoms with van der Waals surface area (Å²) in [5.41, 5.74) is 12.4. The van der Waals surface area contributed by atoms with Gasteiger partial charge in [-0.2, -0.15) is 14.0 Å². The van der Waals surface area contributed by atoms with Crippen LogP contribution in [0.15, 0.2) is 198 Å². The number of hydrogen-bond donors (Lipinski definition) is 1. The highest BCUT2D eigenvalue weighted by atomic mass is 35.7. The molecule has 4 aromatic rings. The molecule has 0 saturated carbocycles. The molecule has 0 spiro atoms. The minimum Gasteiger partial charge on any atom is -0.481 e. The molecule has 2 aliphatic heterocycles.